The molecule has 1 saturated heterocycles. The normalized spacial score (nSPS) is 14.3. The van der Waals surface area contributed by atoms with Gasteiger partial charge in [-0.1, -0.05) is 64.0 Å². The Morgan fingerprint density at radius 1 is 1.09 bits per heavy atom. The molecule has 7 heteroatoms. The molecule has 4 rings (SSSR count). The Balaban J connectivity index is 1.57. The third-order valence-electron chi connectivity index (χ3n) is 5.18. The van der Waals surface area contributed by atoms with E-state index >= 15 is 0 Å². The van der Waals surface area contributed by atoms with Crippen LogP contribution in [0.25, 0.3) is 6.08 Å². The zero-order valence-electron chi connectivity index (χ0n) is 17.8. The average Bonchev–Trinajstić information content (AvgIpc) is 3.06. The summed E-state index contributed by atoms with van der Waals surface area (Å²) in [7, 11) is 0. The number of imide groups is 1. The summed E-state index contributed by atoms with van der Waals surface area (Å²) in [6.45, 7) is 2.35. The molecule has 0 unspecified atom stereocenters. The molecule has 33 heavy (non-hydrogen) atoms. The van der Waals surface area contributed by atoms with Crippen molar-refractivity contribution < 1.29 is 14.3 Å². The van der Waals surface area contributed by atoms with Gasteiger partial charge in [0.1, 0.15) is 18.1 Å². The third kappa shape index (κ3) is 5.13. The second-order valence-corrected chi connectivity index (χ2v) is 8.52. The van der Waals surface area contributed by atoms with Crippen LogP contribution < -0.4 is 10.1 Å². The van der Waals surface area contributed by atoms with Crippen molar-refractivity contribution in [2.45, 2.75) is 20.1 Å². The Morgan fingerprint density at radius 2 is 1.91 bits per heavy atom. The first kappa shape index (κ1) is 22.3. The fourth-order valence-electron chi connectivity index (χ4n) is 3.54. The highest BCUT2D eigenvalue weighted by Gasteiger charge is 2.33. The Hall–Kier alpha value is -3.89. The van der Waals surface area contributed by atoms with Gasteiger partial charge in [0.25, 0.3) is 5.91 Å². The minimum Gasteiger partial charge on any atom is -0.488 e. The van der Waals surface area contributed by atoms with Crippen molar-refractivity contribution in [3.8, 4) is 11.8 Å². The number of urea groups is 1. The summed E-state index contributed by atoms with van der Waals surface area (Å²) in [5.41, 5.74) is 4.04. The zero-order chi connectivity index (χ0) is 23.4. The van der Waals surface area contributed by atoms with E-state index in [1.807, 2.05) is 49.4 Å². The molecule has 1 heterocycles. The predicted molar refractivity (Wildman–Crippen MR) is 128 cm³/mol. The van der Waals surface area contributed by atoms with Crippen LogP contribution in [0.2, 0.25) is 0 Å². The number of hydrogen-bond donors (Lipinski definition) is 1. The summed E-state index contributed by atoms with van der Waals surface area (Å²) in [5.74, 6) is 0.125. The molecule has 3 aromatic carbocycles. The standard InChI is InChI=1S/C26H20BrN3O3/c1-17-5-4-6-18(11-17)15-30-25(31)23(29-26(30)32)13-21-12-22(27)9-10-24(21)33-16-20-8-3-2-7-19(20)14-28/h2-13H,15-16H2,1H3,(H,29,32)/b23-13+. The van der Waals surface area contributed by atoms with Crippen molar-refractivity contribution in [1.82, 2.24) is 10.2 Å². The van der Waals surface area contributed by atoms with Gasteiger partial charge in [0, 0.05) is 15.6 Å². The van der Waals surface area contributed by atoms with Crippen LogP contribution in [-0.2, 0) is 17.9 Å². The van der Waals surface area contributed by atoms with E-state index in [1.54, 1.807) is 30.3 Å². The monoisotopic (exact) mass is 501 g/mol. The first-order valence-electron chi connectivity index (χ1n) is 10.2. The molecule has 1 aliphatic heterocycles. The molecule has 1 fully saturated rings. The number of nitrogens with zero attached hydrogens (tertiary/aromatic N) is 2. The summed E-state index contributed by atoms with van der Waals surface area (Å²) < 4.78 is 6.77. The lowest BCUT2D eigenvalue weighted by molar-refractivity contribution is -0.123. The molecule has 0 saturated carbocycles. The number of halogens is 1. The van der Waals surface area contributed by atoms with E-state index in [0.29, 0.717) is 16.9 Å². The van der Waals surface area contributed by atoms with Crippen LogP contribution in [0.5, 0.6) is 5.75 Å². The maximum absolute atomic E-state index is 13.0. The van der Waals surface area contributed by atoms with E-state index in [1.165, 1.54) is 4.90 Å². The van der Waals surface area contributed by atoms with Crippen molar-refractivity contribution in [3.63, 3.8) is 0 Å². The van der Waals surface area contributed by atoms with Gasteiger partial charge < -0.3 is 10.1 Å². The van der Waals surface area contributed by atoms with Crippen LogP contribution in [0, 0.1) is 18.3 Å². The Morgan fingerprint density at radius 3 is 2.70 bits per heavy atom. The molecule has 0 spiro atoms. The molecule has 3 amide bonds. The summed E-state index contributed by atoms with van der Waals surface area (Å²) in [5, 5.41) is 12.0. The third-order valence-corrected chi connectivity index (χ3v) is 5.67. The van der Waals surface area contributed by atoms with E-state index in [9.17, 15) is 14.9 Å². The van der Waals surface area contributed by atoms with Crippen LogP contribution in [0.1, 0.15) is 27.8 Å². The van der Waals surface area contributed by atoms with Crippen molar-refractivity contribution in [1.29, 1.82) is 5.26 Å². The number of benzene rings is 3. The maximum Gasteiger partial charge on any atom is 0.329 e. The molecule has 0 bridgehead atoms. The summed E-state index contributed by atoms with van der Waals surface area (Å²) >= 11 is 3.44. The summed E-state index contributed by atoms with van der Waals surface area (Å²) in [6, 6.07) is 22.0. The number of carbonyl (C=O) groups excluding carboxylic acids is 2. The Bertz CT molecular complexity index is 1310. The molecule has 0 atom stereocenters. The minimum absolute atomic E-state index is 0.174. The fraction of sp³-hybridized carbons (Fsp3) is 0.115. The molecular weight excluding hydrogens is 482 g/mol. The van der Waals surface area contributed by atoms with E-state index < -0.39 is 11.9 Å². The first-order valence-corrected chi connectivity index (χ1v) is 11.0. The number of ether oxygens (including phenoxy) is 1. The van der Waals surface area contributed by atoms with Gasteiger partial charge in [0.05, 0.1) is 18.2 Å². The number of nitriles is 1. The minimum atomic E-state index is -0.465. The fourth-order valence-corrected chi connectivity index (χ4v) is 3.92. The lowest BCUT2D eigenvalue weighted by Crippen LogP contribution is -2.30. The number of carbonyl (C=O) groups is 2. The van der Waals surface area contributed by atoms with Gasteiger partial charge >= 0.3 is 6.03 Å². The van der Waals surface area contributed by atoms with Gasteiger partial charge in [0.15, 0.2) is 0 Å². The molecular formula is C26H20BrN3O3. The highest BCUT2D eigenvalue weighted by atomic mass is 79.9. The predicted octanol–water partition coefficient (Wildman–Crippen LogP) is 5.30. The van der Waals surface area contributed by atoms with Crippen LogP contribution in [0.4, 0.5) is 4.79 Å². The molecule has 0 aliphatic carbocycles. The quantitative estimate of drug-likeness (QED) is 0.366. The lowest BCUT2D eigenvalue weighted by Gasteiger charge is -2.12. The SMILES string of the molecule is Cc1cccc(CN2C(=O)N/C(=C/c3cc(Br)ccc3OCc3ccccc3C#N)C2=O)c1. The highest BCUT2D eigenvalue weighted by molar-refractivity contribution is 9.10. The van der Waals surface area contributed by atoms with Crippen LogP contribution >= 0.6 is 15.9 Å². The van der Waals surface area contributed by atoms with Crippen LogP contribution in [0.15, 0.2) is 76.9 Å². The summed E-state index contributed by atoms with van der Waals surface area (Å²) in [4.78, 5) is 26.6. The largest absolute Gasteiger partial charge is 0.488 e. The van der Waals surface area contributed by atoms with Crippen molar-refractivity contribution in [2.75, 3.05) is 0 Å². The topological polar surface area (TPSA) is 82.4 Å². The van der Waals surface area contributed by atoms with Crippen LogP contribution in [0.3, 0.4) is 0 Å². The van der Waals surface area contributed by atoms with E-state index in [0.717, 1.165) is 21.2 Å². The molecule has 3 aromatic rings. The van der Waals surface area contributed by atoms with Crippen molar-refractivity contribution in [3.05, 3.63) is 105 Å². The number of nitrogens with one attached hydrogen (secondary N) is 1. The number of hydrogen-bond acceptors (Lipinski definition) is 4. The van der Waals surface area contributed by atoms with Gasteiger partial charge in [-0.2, -0.15) is 5.26 Å². The van der Waals surface area contributed by atoms with Crippen LogP contribution in [-0.4, -0.2) is 16.8 Å². The molecule has 0 aromatic heterocycles. The van der Waals surface area contributed by atoms with Crippen molar-refractivity contribution >= 4 is 33.9 Å². The second kappa shape index (κ2) is 9.72. The summed E-state index contributed by atoms with van der Waals surface area (Å²) in [6.07, 6.45) is 1.60. The maximum atomic E-state index is 13.0. The van der Waals surface area contributed by atoms with Gasteiger partial charge in [-0.15, -0.1) is 0 Å². The number of aryl methyl sites for hydroxylation is 1. The first-order chi connectivity index (χ1) is 15.9. The lowest BCUT2D eigenvalue weighted by atomic mass is 10.1. The van der Waals surface area contributed by atoms with Gasteiger partial charge in [-0.3, -0.25) is 9.69 Å². The van der Waals surface area contributed by atoms with E-state index in [-0.39, 0.29) is 18.8 Å². The van der Waals surface area contributed by atoms with E-state index in [2.05, 4.69) is 27.3 Å². The number of rotatable bonds is 6. The van der Waals surface area contributed by atoms with Gasteiger partial charge in [0.2, 0.25) is 0 Å². The van der Waals surface area contributed by atoms with Gasteiger partial charge in [-0.25, -0.2) is 4.79 Å². The highest BCUT2D eigenvalue weighted by Crippen LogP contribution is 2.28. The molecule has 0 radical (unpaired) electrons. The molecule has 1 aliphatic rings. The molecule has 1 N–H and O–H groups in total. The number of amides is 3. The average molecular weight is 502 g/mol. The van der Waals surface area contributed by atoms with Crippen molar-refractivity contribution in [2.24, 2.45) is 0 Å². The molecule has 6 nitrogen and oxygen atoms in total. The van der Waals surface area contributed by atoms with E-state index in [4.69, 9.17) is 4.74 Å². The van der Waals surface area contributed by atoms with Gasteiger partial charge in [-0.05, 0) is 42.8 Å². The molecule has 164 valence electrons. The Kier molecular flexibility index (Phi) is 6.57. The zero-order valence-corrected chi connectivity index (χ0v) is 19.4. The smallest absolute Gasteiger partial charge is 0.329 e. The second-order valence-electron chi connectivity index (χ2n) is 7.61. The Labute approximate surface area is 200 Å².